The number of rotatable bonds is 2. The number of nitrogens with two attached hydrogens (primary N) is 1. The summed E-state index contributed by atoms with van der Waals surface area (Å²) in [6.45, 7) is 2.18. The third-order valence-corrected chi connectivity index (χ3v) is 3.61. The van der Waals surface area contributed by atoms with E-state index in [0.717, 1.165) is 38.8 Å². The number of nitrogens with zero attached hydrogens (tertiary/aromatic N) is 1. The monoisotopic (exact) mass is 247 g/mol. The number of carbonyl (C=O) groups is 1. The minimum Gasteiger partial charge on any atom is -0.353 e. The van der Waals surface area contributed by atoms with Gasteiger partial charge >= 0.3 is 0 Å². The van der Waals surface area contributed by atoms with Crippen LogP contribution in [0.25, 0.3) is 0 Å². The SMILES string of the molecule is CN1CCC(NC(=O)C2CC(N)C2)CC1.Cl. The van der Waals surface area contributed by atoms with Crippen LogP contribution in [0.2, 0.25) is 0 Å². The normalized spacial score (nSPS) is 31.4. The number of halogens is 1. The van der Waals surface area contributed by atoms with Crippen molar-refractivity contribution >= 4 is 18.3 Å². The van der Waals surface area contributed by atoms with Gasteiger partial charge in [-0.2, -0.15) is 0 Å². The minimum atomic E-state index is 0. The molecule has 1 aliphatic carbocycles. The molecule has 2 aliphatic rings. The first-order valence-corrected chi connectivity index (χ1v) is 5.89. The highest BCUT2D eigenvalue weighted by Gasteiger charge is 2.33. The van der Waals surface area contributed by atoms with E-state index in [1.807, 2.05) is 0 Å². The molecule has 0 spiro atoms. The lowest BCUT2D eigenvalue weighted by atomic mass is 9.80. The van der Waals surface area contributed by atoms with Gasteiger partial charge in [-0.25, -0.2) is 0 Å². The largest absolute Gasteiger partial charge is 0.353 e. The van der Waals surface area contributed by atoms with Crippen molar-refractivity contribution in [1.29, 1.82) is 0 Å². The second-order valence-corrected chi connectivity index (χ2v) is 5.01. The predicted molar refractivity (Wildman–Crippen MR) is 66.6 cm³/mol. The Balaban J connectivity index is 0.00000128. The van der Waals surface area contributed by atoms with Crippen LogP contribution < -0.4 is 11.1 Å². The van der Waals surface area contributed by atoms with Crippen LogP contribution in [0.15, 0.2) is 0 Å². The second-order valence-electron chi connectivity index (χ2n) is 5.01. The van der Waals surface area contributed by atoms with Crippen molar-refractivity contribution in [3.63, 3.8) is 0 Å². The van der Waals surface area contributed by atoms with Crippen molar-refractivity contribution in [2.24, 2.45) is 11.7 Å². The smallest absolute Gasteiger partial charge is 0.223 e. The third kappa shape index (κ3) is 3.34. The van der Waals surface area contributed by atoms with Crippen molar-refractivity contribution in [2.45, 2.75) is 37.8 Å². The van der Waals surface area contributed by atoms with Crippen LogP contribution in [0.5, 0.6) is 0 Å². The van der Waals surface area contributed by atoms with Gasteiger partial charge in [-0.3, -0.25) is 4.79 Å². The fourth-order valence-electron chi connectivity index (χ4n) is 2.35. The summed E-state index contributed by atoms with van der Waals surface area (Å²) >= 11 is 0. The molecule has 0 aromatic heterocycles. The highest BCUT2D eigenvalue weighted by Crippen LogP contribution is 2.26. The fraction of sp³-hybridized carbons (Fsp3) is 0.909. The predicted octanol–water partition coefficient (Wildman–Crippen LogP) is 0.356. The van der Waals surface area contributed by atoms with Crippen LogP contribution in [0.3, 0.4) is 0 Å². The van der Waals surface area contributed by atoms with Crippen molar-refractivity contribution in [1.82, 2.24) is 10.2 Å². The van der Waals surface area contributed by atoms with Crippen LogP contribution in [0, 0.1) is 5.92 Å². The number of hydrogen-bond acceptors (Lipinski definition) is 3. The maximum atomic E-state index is 11.7. The molecular formula is C11H22ClN3O. The maximum absolute atomic E-state index is 11.7. The molecule has 0 bridgehead atoms. The van der Waals surface area contributed by atoms with E-state index in [1.54, 1.807) is 0 Å². The average molecular weight is 248 g/mol. The molecule has 3 N–H and O–H groups in total. The molecular weight excluding hydrogens is 226 g/mol. The Morgan fingerprint density at radius 1 is 1.31 bits per heavy atom. The van der Waals surface area contributed by atoms with Crippen molar-refractivity contribution in [2.75, 3.05) is 20.1 Å². The van der Waals surface area contributed by atoms with E-state index in [4.69, 9.17) is 5.73 Å². The number of amides is 1. The molecule has 0 aromatic carbocycles. The Hall–Kier alpha value is -0.320. The number of carbonyl (C=O) groups excluding carboxylic acids is 1. The molecule has 0 aromatic rings. The summed E-state index contributed by atoms with van der Waals surface area (Å²) in [7, 11) is 2.13. The zero-order chi connectivity index (χ0) is 10.8. The van der Waals surface area contributed by atoms with Crippen molar-refractivity contribution in [3.8, 4) is 0 Å². The lowest BCUT2D eigenvalue weighted by Gasteiger charge is -2.34. The van der Waals surface area contributed by atoms with E-state index < -0.39 is 0 Å². The zero-order valence-corrected chi connectivity index (χ0v) is 10.6. The summed E-state index contributed by atoms with van der Waals surface area (Å²) in [5, 5.41) is 3.14. The summed E-state index contributed by atoms with van der Waals surface area (Å²) in [4.78, 5) is 14.0. The first-order valence-electron chi connectivity index (χ1n) is 5.89. The van der Waals surface area contributed by atoms with Gasteiger partial charge < -0.3 is 16.0 Å². The van der Waals surface area contributed by atoms with Crippen LogP contribution >= 0.6 is 12.4 Å². The van der Waals surface area contributed by atoms with Gasteiger partial charge in [-0.15, -0.1) is 12.4 Å². The van der Waals surface area contributed by atoms with Crippen molar-refractivity contribution < 1.29 is 4.79 Å². The van der Waals surface area contributed by atoms with Gasteiger partial charge in [0.05, 0.1) is 0 Å². The summed E-state index contributed by atoms with van der Waals surface area (Å²) in [5.41, 5.74) is 5.67. The fourth-order valence-corrected chi connectivity index (χ4v) is 2.35. The molecule has 5 heteroatoms. The van der Waals surface area contributed by atoms with Crippen LogP contribution in [0.1, 0.15) is 25.7 Å². The lowest BCUT2D eigenvalue weighted by molar-refractivity contribution is -0.128. The average Bonchev–Trinajstić information content (AvgIpc) is 2.17. The Morgan fingerprint density at radius 2 is 1.88 bits per heavy atom. The molecule has 1 saturated heterocycles. The van der Waals surface area contributed by atoms with Gasteiger partial charge in [0.15, 0.2) is 0 Å². The molecule has 0 unspecified atom stereocenters. The molecule has 2 rings (SSSR count). The van der Waals surface area contributed by atoms with E-state index in [2.05, 4.69) is 17.3 Å². The van der Waals surface area contributed by atoms with Gasteiger partial charge in [0.25, 0.3) is 0 Å². The highest BCUT2D eigenvalue weighted by atomic mass is 35.5. The Kier molecular flexibility index (Phi) is 5.02. The van der Waals surface area contributed by atoms with Crippen molar-refractivity contribution in [3.05, 3.63) is 0 Å². The molecule has 1 saturated carbocycles. The number of nitrogens with one attached hydrogen (secondary N) is 1. The van der Waals surface area contributed by atoms with Crippen LogP contribution in [-0.2, 0) is 4.79 Å². The summed E-state index contributed by atoms with van der Waals surface area (Å²) < 4.78 is 0. The molecule has 1 aliphatic heterocycles. The molecule has 4 nitrogen and oxygen atoms in total. The molecule has 94 valence electrons. The summed E-state index contributed by atoms with van der Waals surface area (Å²) in [5.74, 6) is 0.422. The molecule has 2 fully saturated rings. The van der Waals surface area contributed by atoms with Gasteiger partial charge in [-0.05, 0) is 45.8 Å². The summed E-state index contributed by atoms with van der Waals surface area (Å²) in [6, 6.07) is 0.656. The minimum absolute atomic E-state index is 0. The Bertz CT molecular complexity index is 235. The van der Waals surface area contributed by atoms with E-state index in [9.17, 15) is 4.79 Å². The molecule has 0 atom stereocenters. The quantitative estimate of drug-likeness (QED) is 0.741. The van der Waals surface area contributed by atoms with Crippen LogP contribution in [0.4, 0.5) is 0 Å². The van der Waals surface area contributed by atoms with Crippen LogP contribution in [-0.4, -0.2) is 43.0 Å². The first-order chi connectivity index (χ1) is 7.15. The molecule has 1 heterocycles. The zero-order valence-electron chi connectivity index (χ0n) is 9.82. The lowest BCUT2D eigenvalue weighted by Crippen LogP contribution is -2.50. The topological polar surface area (TPSA) is 58.4 Å². The number of piperidine rings is 1. The standard InChI is InChI=1S/C11H21N3O.ClH/c1-14-4-2-10(3-5-14)13-11(15)8-6-9(12)7-8;/h8-10H,2-7,12H2,1H3,(H,13,15);1H. The Morgan fingerprint density at radius 3 is 2.38 bits per heavy atom. The van der Waals surface area contributed by atoms with E-state index >= 15 is 0 Å². The molecule has 16 heavy (non-hydrogen) atoms. The second kappa shape index (κ2) is 5.84. The maximum Gasteiger partial charge on any atom is 0.223 e. The summed E-state index contributed by atoms with van der Waals surface area (Å²) in [6.07, 6.45) is 3.92. The van der Waals surface area contributed by atoms with E-state index in [0.29, 0.717) is 6.04 Å². The van der Waals surface area contributed by atoms with E-state index in [1.165, 1.54) is 0 Å². The molecule has 1 amide bonds. The first kappa shape index (κ1) is 13.7. The van der Waals surface area contributed by atoms with Gasteiger partial charge in [0.1, 0.15) is 0 Å². The molecule has 0 radical (unpaired) electrons. The number of likely N-dealkylation sites (tertiary alicyclic amines) is 1. The Labute approximate surface area is 103 Å². The highest BCUT2D eigenvalue weighted by molar-refractivity contribution is 5.85. The number of hydrogen-bond donors (Lipinski definition) is 2. The van der Waals surface area contributed by atoms with Gasteiger partial charge in [0, 0.05) is 18.0 Å². The van der Waals surface area contributed by atoms with Gasteiger partial charge in [-0.1, -0.05) is 0 Å². The van der Waals surface area contributed by atoms with Gasteiger partial charge in [0.2, 0.25) is 5.91 Å². The third-order valence-electron chi connectivity index (χ3n) is 3.61. The van der Waals surface area contributed by atoms with E-state index in [-0.39, 0.29) is 30.3 Å².